The van der Waals surface area contributed by atoms with Crippen LogP contribution in [0.1, 0.15) is 17.2 Å². The number of carboxylic acid groups (broad SMARTS) is 1. The second-order valence-electron chi connectivity index (χ2n) is 5.58. The van der Waals surface area contributed by atoms with E-state index in [0.717, 1.165) is 11.1 Å². The molecular formula is C15H21NO3Si. The quantitative estimate of drug-likeness (QED) is 0.662. The van der Waals surface area contributed by atoms with Crippen molar-refractivity contribution in [2.45, 2.75) is 25.7 Å². The Labute approximate surface area is 121 Å². The number of benzene rings is 1. The third-order valence-electron chi connectivity index (χ3n) is 2.53. The monoisotopic (exact) mass is 291 g/mol. The number of ether oxygens (including phenoxy) is 1. The van der Waals surface area contributed by atoms with Crippen LogP contribution in [0.2, 0.25) is 19.6 Å². The zero-order valence-electron chi connectivity index (χ0n) is 12.4. The first-order chi connectivity index (χ1) is 9.31. The van der Waals surface area contributed by atoms with Gasteiger partial charge in [-0.15, -0.1) is 5.54 Å². The largest absolute Gasteiger partial charge is 0.465 e. The summed E-state index contributed by atoms with van der Waals surface area (Å²) in [6.07, 6.45) is -1.06. The molecule has 20 heavy (non-hydrogen) atoms. The predicted molar refractivity (Wildman–Crippen MR) is 82.4 cm³/mol. The van der Waals surface area contributed by atoms with Crippen molar-refractivity contribution in [2.75, 3.05) is 13.7 Å². The zero-order valence-corrected chi connectivity index (χ0v) is 13.4. The summed E-state index contributed by atoms with van der Waals surface area (Å²) in [7, 11) is 0.165. The SMILES string of the molecule is COCC(NC(=O)O)c1ccc(C#C[Si](C)(C)C)cc1. The fraction of sp³-hybridized carbons (Fsp3) is 0.400. The van der Waals surface area contributed by atoms with Gasteiger partial charge in [0, 0.05) is 12.7 Å². The van der Waals surface area contributed by atoms with Crippen molar-refractivity contribution in [3.63, 3.8) is 0 Å². The van der Waals surface area contributed by atoms with E-state index in [0.29, 0.717) is 6.61 Å². The van der Waals surface area contributed by atoms with Crippen LogP contribution < -0.4 is 5.32 Å². The fourth-order valence-corrected chi connectivity index (χ4v) is 2.11. The highest BCUT2D eigenvalue weighted by molar-refractivity contribution is 6.83. The smallest absolute Gasteiger partial charge is 0.405 e. The highest BCUT2D eigenvalue weighted by Crippen LogP contribution is 2.14. The molecule has 1 rings (SSSR count). The van der Waals surface area contributed by atoms with E-state index in [1.807, 2.05) is 24.3 Å². The third kappa shape index (κ3) is 5.91. The van der Waals surface area contributed by atoms with Gasteiger partial charge in [0.15, 0.2) is 0 Å². The highest BCUT2D eigenvalue weighted by atomic mass is 28.3. The van der Waals surface area contributed by atoms with Gasteiger partial charge in [-0.05, 0) is 17.7 Å². The minimum Gasteiger partial charge on any atom is -0.465 e. The summed E-state index contributed by atoms with van der Waals surface area (Å²) >= 11 is 0. The molecule has 1 aromatic carbocycles. The number of hydrogen-bond donors (Lipinski definition) is 2. The Kier molecular flexibility index (Phi) is 5.80. The van der Waals surface area contributed by atoms with E-state index < -0.39 is 14.2 Å². The van der Waals surface area contributed by atoms with Gasteiger partial charge in [0.2, 0.25) is 0 Å². The van der Waals surface area contributed by atoms with E-state index in [2.05, 4.69) is 36.4 Å². The Bertz CT molecular complexity index is 509. The molecule has 0 saturated heterocycles. The molecule has 2 N–H and O–H groups in total. The van der Waals surface area contributed by atoms with Crippen LogP contribution in [0.4, 0.5) is 4.79 Å². The van der Waals surface area contributed by atoms with Crippen molar-refractivity contribution in [3.05, 3.63) is 35.4 Å². The Hall–Kier alpha value is -1.77. The van der Waals surface area contributed by atoms with Crippen molar-refractivity contribution < 1.29 is 14.6 Å². The molecular weight excluding hydrogens is 270 g/mol. The first-order valence-corrected chi connectivity index (χ1v) is 9.93. The molecule has 1 unspecified atom stereocenters. The lowest BCUT2D eigenvalue weighted by Gasteiger charge is -2.16. The second-order valence-corrected chi connectivity index (χ2v) is 10.3. The fourth-order valence-electron chi connectivity index (χ4n) is 1.60. The predicted octanol–water partition coefficient (Wildman–Crippen LogP) is 2.87. The van der Waals surface area contributed by atoms with E-state index in [4.69, 9.17) is 9.84 Å². The molecule has 0 saturated carbocycles. The van der Waals surface area contributed by atoms with Crippen molar-refractivity contribution >= 4 is 14.2 Å². The minimum atomic E-state index is -1.38. The Balaban J connectivity index is 2.87. The van der Waals surface area contributed by atoms with Crippen LogP contribution in [0, 0.1) is 11.5 Å². The standard InChI is InChI=1S/C15H21NO3Si/c1-19-11-14(16-15(17)18)13-7-5-12(6-8-13)9-10-20(2,3)4/h5-8,14,16H,11H2,1-4H3,(H,17,18). The molecule has 0 aromatic heterocycles. The van der Waals surface area contributed by atoms with Crippen LogP contribution in [0.3, 0.4) is 0 Å². The molecule has 0 heterocycles. The summed E-state index contributed by atoms with van der Waals surface area (Å²) in [6, 6.07) is 7.22. The maximum atomic E-state index is 10.8. The maximum absolute atomic E-state index is 10.8. The van der Waals surface area contributed by atoms with Gasteiger partial charge < -0.3 is 15.2 Å². The average molecular weight is 291 g/mol. The van der Waals surface area contributed by atoms with Gasteiger partial charge in [-0.2, -0.15) is 0 Å². The van der Waals surface area contributed by atoms with Crippen molar-refractivity contribution in [1.82, 2.24) is 5.32 Å². The molecule has 1 atom stereocenters. The summed E-state index contributed by atoms with van der Waals surface area (Å²) in [5.74, 6) is 3.17. The molecule has 0 spiro atoms. The first-order valence-electron chi connectivity index (χ1n) is 6.43. The lowest BCUT2D eigenvalue weighted by molar-refractivity contribution is 0.152. The Morgan fingerprint density at radius 2 is 1.95 bits per heavy atom. The number of rotatable bonds is 4. The molecule has 1 aromatic rings. The number of amides is 1. The lowest BCUT2D eigenvalue weighted by Crippen LogP contribution is -2.29. The summed E-state index contributed by atoms with van der Waals surface area (Å²) in [6.45, 7) is 6.88. The summed E-state index contributed by atoms with van der Waals surface area (Å²) < 4.78 is 5.03. The van der Waals surface area contributed by atoms with Crippen LogP contribution in [-0.2, 0) is 4.74 Å². The van der Waals surface area contributed by atoms with Crippen molar-refractivity contribution in [3.8, 4) is 11.5 Å². The van der Waals surface area contributed by atoms with Crippen molar-refractivity contribution in [2.24, 2.45) is 0 Å². The van der Waals surface area contributed by atoms with Gasteiger partial charge in [-0.25, -0.2) is 4.79 Å². The van der Waals surface area contributed by atoms with Gasteiger partial charge in [0.25, 0.3) is 0 Å². The molecule has 5 heteroatoms. The molecule has 0 aliphatic rings. The van der Waals surface area contributed by atoms with Gasteiger partial charge in [-0.1, -0.05) is 37.7 Å². The third-order valence-corrected chi connectivity index (χ3v) is 3.40. The molecule has 0 fully saturated rings. The maximum Gasteiger partial charge on any atom is 0.405 e. The molecule has 108 valence electrons. The van der Waals surface area contributed by atoms with E-state index in [9.17, 15) is 4.79 Å². The molecule has 0 radical (unpaired) electrons. The van der Waals surface area contributed by atoms with Crippen LogP contribution in [0.5, 0.6) is 0 Å². The van der Waals surface area contributed by atoms with E-state index in [1.54, 1.807) is 7.11 Å². The first kappa shape index (κ1) is 16.3. The van der Waals surface area contributed by atoms with Gasteiger partial charge in [-0.3, -0.25) is 0 Å². The van der Waals surface area contributed by atoms with Crippen LogP contribution >= 0.6 is 0 Å². The number of nitrogens with one attached hydrogen (secondary N) is 1. The number of carbonyl (C=O) groups is 1. The minimum absolute atomic E-state index is 0.298. The number of methoxy groups -OCH3 is 1. The average Bonchev–Trinajstić information content (AvgIpc) is 2.35. The normalized spacial score (nSPS) is 12.2. The molecule has 0 bridgehead atoms. The summed E-state index contributed by atoms with van der Waals surface area (Å²) in [5, 5.41) is 11.3. The molecule has 1 amide bonds. The topological polar surface area (TPSA) is 58.6 Å². The van der Waals surface area contributed by atoms with Gasteiger partial charge in [0.1, 0.15) is 8.07 Å². The summed E-state index contributed by atoms with van der Waals surface area (Å²) in [5.41, 5.74) is 5.11. The molecule has 4 nitrogen and oxygen atoms in total. The summed E-state index contributed by atoms with van der Waals surface area (Å²) in [4.78, 5) is 10.8. The molecule has 0 aliphatic carbocycles. The Morgan fingerprint density at radius 1 is 1.35 bits per heavy atom. The Morgan fingerprint density at radius 3 is 2.40 bits per heavy atom. The highest BCUT2D eigenvalue weighted by Gasteiger charge is 2.13. The second kappa shape index (κ2) is 7.13. The van der Waals surface area contributed by atoms with E-state index in [1.165, 1.54) is 0 Å². The molecule has 0 aliphatic heterocycles. The van der Waals surface area contributed by atoms with Crippen molar-refractivity contribution in [1.29, 1.82) is 0 Å². The lowest BCUT2D eigenvalue weighted by atomic mass is 10.1. The van der Waals surface area contributed by atoms with E-state index >= 15 is 0 Å². The zero-order chi connectivity index (χ0) is 15.2. The van der Waals surface area contributed by atoms with Gasteiger partial charge >= 0.3 is 6.09 Å². The van der Waals surface area contributed by atoms with Crippen LogP contribution in [0.15, 0.2) is 24.3 Å². The van der Waals surface area contributed by atoms with Crippen LogP contribution in [0.25, 0.3) is 0 Å². The van der Waals surface area contributed by atoms with E-state index in [-0.39, 0.29) is 6.04 Å². The van der Waals surface area contributed by atoms with Gasteiger partial charge in [0.05, 0.1) is 12.6 Å². The van der Waals surface area contributed by atoms with Crippen LogP contribution in [-0.4, -0.2) is 33.0 Å². The number of hydrogen-bond acceptors (Lipinski definition) is 2.